The minimum absolute atomic E-state index is 0.754. The Labute approximate surface area is 78.3 Å². The lowest BCUT2D eigenvalue weighted by molar-refractivity contribution is 0.295. The van der Waals surface area contributed by atoms with E-state index in [0.29, 0.717) is 0 Å². The van der Waals surface area contributed by atoms with Gasteiger partial charge in [0, 0.05) is 12.7 Å². The van der Waals surface area contributed by atoms with E-state index in [2.05, 4.69) is 22.9 Å². The first kappa shape index (κ1) is 8.35. The van der Waals surface area contributed by atoms with E-state index in [1.807, 2.05) is 6.07 Å². The van der Waals surface area contributed by atoms with Crippen molar-refractivity contribution in [1.82, 2.24) is 4.98 Å². The number of pyridine rings is 1. The Bertz CT molecular complexity index is 288. The molecule has 0 unspecified atom stereocenters. The summed E-state index contributed by atoms with van der Waals surface area (Å²) in [6, 6.07) is 4.02. The number of aromatic nitrogens is 1. The number of rotatable bonds is 2. The molecule has 0 radical (unpaired) electrons. The summed E-state index contributed by atoms with van der Waals surface area (Å²) >= 11 is 0. The molecular formula is C10H14N2O. The van der Waals surface area contributed by atoms with Gasteiger partial charge in [0.05, 0.1) is 12.2 Å². The largest absolute Gasteiger partial charge is 0.474 e. The molecule has 70 valence electrons. The van der Waals surface area contributed by atoms with Crippen LogP contribution in [0.5, 0.6) is 5.88 Å². The van der Waals surface area contributed by atoms with Crippen molar-refractivity contribution in [3.05, 3.63) is 18.3 Å². The SMILES string of the molecule is CCCN1CCOc2ncccc21. The maximum atomic E-state index is 5.45. The van der Waals surface area contributed by atoms with Gasteiger partial charge in [-0.3, -0.25) is 0 Å². The van der Waals surface area contributed by atoms with Gasteiger partial charge in [-0.05, 0) is 18.6 Å². The van der Waals surface area contributed by atoms with Crippen molar-refractivity contribution in [2.75, 3.05) is 24.6 Å². The zero-order valence-corrected chi connectivity index (χ0v) is 7.86. The molecule has 0 atom stereocenters. The fraction of sp³-hybridized carbons (Fsp3) is 0.500. The Hall–Kier alpha value is -1.25. The molecule has 1 aromatic rings. The highest BCUT2D eigenvalue weighted by atomic mass is 16.5. The molecule has 13 heavy (non-hydrogen) atoms. The van der Waals surface area contributed by atoms with Crippen LogP contribution in [0, 0.1) is 0 Å². The lowest BCUT2D eigenvalue weighted by Crippen LogP contribution is -2.33. The number of ether oxygens (including phenoxy) is 1. The van der Waals surface area contributed by atoms with Crippen molar-refractivity contribution in [2.45, 2.75) is 13.3 Å². The van der Waals surface area contributed by atoms with Crippen LogP contribution >= 0.6 is 0 Å². The Balaban J connectivity index is 2.26. The standard InChI is InChI=1S/C10H14N2O/c1-2-6-12-7-8-13-10-9(12)4-3-5-11-10/h3-5H,2,6-8H2,1H3. The van der Waals surface area contributed by atoms with Crippen molar-refractivity contribution >= 4 is 5.69 Å². The topological polar surface area (TPSA) is 25.4 Å². The van der Waals surface area contributed by atoms with E-state index in [1.54, 1.807) is 6.20 Å². The molecule has 1 aromatic heterocycles. The average molecular weight is 178 g/mol. The Morgan fingerprint density at radius 2 is 2.54 bits per heavy atom. The van der Waals surface area contributed by atoms with Crippen LogP contribution in [0.1, 0.15) is 13.3 Å². The van der Waals surface area contributed by atoms with Gasteiger partial charge in [0.15, 0.2) is 0 Å². The van der Waals surface area contributed by atoms with Gasteiger partial charge in [-0.15, -0.1) is 0 Å². The number of hydrogen-bond donors (Lipinski definition) is 0. The summed E-state index contributed by atoms with van der Waals surface area (Å²) in [5.74, 6) is 0.780. The van der Waals surface area contributed by atoms with Crippen LogP contribution in [0.3, 0.4) is 0 Å². The summed E-state index contributed by atoms with van der Waals surface area (Å²) in [5.41, 5.74) is 1.13. The molecule has 0 aliphatic carbocycles. The predicted octanol–water partition coefficient (Wildman–Crippen LogP) is 1.69. The minimum Gasteiger partial charge on any atom is -0.474 e. The second kappa shape index (κ2) is 3.64. The highest BCUT2D eigenvalue weighted by Gasteiger charge is 2.16. The summed E-state index contributed by atoms with van der Waals surface area (Å²) in [6.45, 7) is 5.00. The van der Waals surface area contributed by atoms with Crippen LogP contribution < -0.4 is 9.64 Å². The average Bonchev–Trinajstić information content (AvgIpc) is 2.19. The quantitative estimate of drug-likeness (QED) is 0.689. The van der Waals surface area contributed by atoms with Crippen LogP contribution in [-0.4, -0.2) is 24.7 Å². The third kappa shape index (κ3) is 1.59. The molecule has 1 aliphatic rings. The zero-order valence-electron chi connectivity index (χ0n) is 7.86. The third-order valence-corrected chi connectivity index (χ3v) is 2.19. The molecule has 2 heterocycles. The molecule has 0 saturated heterocycles. The van der Waals surface area contributed by atoms with E-state index in [4.69, 9.17) is 4.74 Å². The molecule has 0 spiro atoms. The molecule has 0 saturated carbocycles. The summed E-state index contributed by atoms with van der Waals surface area (Å²) in [5, 5.41) is 0. The maximum Gasteiger partial charge on any atom is 0.237 e. The van der Waals surface area contributed by atoms with Crippen molar-refractivity contribution in [1.29, 1.82) is 0 Å². The second-order valence-electron chi connectivity index (χ2n) is 3.16. The van der Waals surface area contributed by atoms with Gasteiger partial charge in [-0.25, -0.2) is 4.98 Å². The lowest BCUT2D eigenvalue weighted by Gasteiger charge is -2.29. The van der Waals surface area contributed by atoms with Crippen molar-refractivity contribution in [2.24, 2.45) is 0 Å². The molecule has 3 nitrogen and oxygen atoms in total. The van der Waals surface area contributed by atoms with Gasteiger partial charge in [-0.2, -0.15) is 0 Å². The molecule has 0 amide bonds. The molecule has 1 aliphatic heterocycles. The number of hydrogen-bond acceptors (Lipinski definition) is 3. The van der Waals surface area contributed by atoms with Gasteiger partial charge < -0.3 is 9.64 Å². The van der Waals surface area contributed by atoms with Crippen molar-refractivity contribution in [3.63, 3.8) is 0 Å². The molecule has 2 rings (SSSR count). The van der Waals surface area contributed by atoms with Crippen LogP contribution in [0.4, 0.5) is 5.69 Å². The number of fused-ring (bicyclic) bond motifs is 1. The summed E-state index contributed by atoms with van der Waals surface area (Å²) in [4.78, 5) is 6.51. The van der Waals surface area contributed by atoms with E-state index in [-0.39, 0.29) is 0 Å². The highest BCUT2D eigenvalue weighted by Crippen LogP contribution is 2.28. The molecule has 3 heteroatoms. The highest BCUT2D eigenvalue weighted by molar-refractivity contribution is 5.55. The van der Waals surface area contributed by atoms with Gasteiger partial charge >= 0.3 is 0 Å². The first-order chi connectivity index (χ1) is 6.42. The lowest BCUT2D eigenvalue weighted by atomic mass is 10.3. The molecule has 0 N–H and O–H groups in total. The second-order valence-corrected chi connectivity index (χ2v) is 3.16. The number of anilines is 1. The van der Waals surface area contributed by atoms with Crippen LogP contribution in [0.2, 0.25) is 0 Å². The molecular weight excluding hydrogens is 164 g/mol. The normalized spacial score (nSPS) is 15.0. The van der Waals surface area contributed by atoms with Crippen molar-refractivity contribution < 1.29 is 4.74 Å². The van der Waals surface area contributed by atoms with Gasteiger partial charge in [0.25, 0.3) is 0 Å². The Kier molecular flexibility index (Phi) is 2.34. The van der Waals surface area contributed by atoms with E-state index in [9.17, 15) is 0 Å². The fourth-order valence-corrected chi connectivity index (χ4v) is 1.61. The van der Waals surface area contributed by atoms with E-state index in [1.165, 1.54) is 0 Å². The summed E-state index contributed by atoms with van der Waals surface area (Å²) < 4.78 is 5.45. The maximum absolute atomic E-state index is 5.45. The molecule has 0 bridgehead atoms. The van der Waals surface area contributed by atoms with Gasteiger partial charge in [0.1, 0.15) is 6.61 Å². The van der Waals surface area contributed by atoms with Crippen LogP contribution in [0.15, 0.2) is 18.3 Å². The Morgan fingerprint density at radius 3 is 3.38 bits per heavy atom. The third-order valence-electron chi connectivity index (χ3n) is 2.19. The van der Waals surface area contributed by atoms with Crippen molar-refractivity contribution in [3.8, 4) is 5.88 Å². The molecule has 0 fully saturated rings. The van der Waals surface area contributed by atoms with Crippen LogP contribution in [0.25, 0.3) is 0 Å². The van der Waals surface area contributed by atoms with Gasteiger partial charge in [0.2, 0.25) is 5.88 Å². The summed E-state index contributed by atoms with van der Waals surface area (Å²) in [6.07, 6.45) is 2.93. The number of nitrogens with zero attached hydrogens (tertiary/aromatic N) is 2. The smallest absolute Gasteiger partial charge is 0.237 e. The van der Waals surface area contributed by atoms with E-state index >= 15 is 0 Å². The minimum atomic E-state index is 0.754. The monoisotopic (exact) mass is 178 g/mol. The van der Waals surface area contributed by atoms with E-state index in [0.717, 1.165) is 37.7 Å². The summed E-state index contributed by atoms with van der Waals surface area (Å²) in [7, 11) is 0. The molecule has 0 aromatic carbocycles. The first-order valence-electron chi connectivity index (χ1n) is 4.74. The fourth-order valence-electron chi connectivity index (χ4n) is 1.61. The predicted molar refractivity (Wildman–Crippen MR) is 52.2 cm³/mol. The van der Waals surface area contributed by atoms with Gasteiger partial charge in [-0.1, -0.05) is 6.92 Å². The zero-order chi connectivity index (χ0) is 9.10. The van der Waals surface area contributed by atoms with E-state index < -0.39 is 0 Å². The van der Waals surface area contributed by atoms with Crippen LogP contribution in [-0.2, 0) is 0 Å². The first-order valence-corrected chi connectivity index (χ1v) is 4.74. The Morgan fingerprint density at radius 1 is 1.62 bits per heavy atom.